The molecule has 1 amide bonds. The van der Waals surface area contributed by atoms with Crippen molar-refractivity contribution in [3.05, 3.63) is 66.0 Å². The molecule has 4 rings (SSSR count). The Hall–Kier alpha value is -3.69. The Morgan fingerprint density at radius 1 is 1.07 bits per heavy atom. The number of halogens is 4. The Labute approximate surface area is 154 Å². The fourth-order valence-corrected chi connectivity index (χ4v) is 2.96. The van der Waals surface area contributed by atoms with E-state index in [9.17, 15) is 22.4 Å². The van der Waals surface area contributed by atoms with Gasteiger partial charge in [0.15, 0.2) is 0 Å². The van der Waals surface area contributed by atoms with Crippen molar-refractivity contribution in [1.82, 2.24) is 19.6 Å². The van der Waals surface area contributed by atoms with Gasteiger partial charge in [-0.1, -0.05) is 0 Å². The highest BCUT2D eigenvalue weighted by Gasteiger charge is 2.38. The van der Waals surface area contributed by atoms with E-state index < -0.39 is 23.6 Å². The van der Waals surface area contributed by atoms with Gasteiger partial charge in [-0.15, -0.1) is 0 Å². The second-order valence-electron chi connectivity index (χ2n) is 5.98. The summed E-state index contributed by atoms with van der Waals surface area (Å²) in [5, 5.41) is 5.82. The number of imidazole rings is 1. The van der Waals surface area contributed by atoms with Crippen molar-refractivity contribution < 1.29 is 22.4 Å². The Kier molecular flexibility index (Phi) is 3.91. The Morgan fingerprint density at radius 2 is 1.75 bits per heavy atom. The Bertz CT molecular complexity index is 1190. The maximum atomic E-state index is 13.6. The molecule has 0 radical (unpaired) electrons. The number of hydrogen-bond donors (Lipinski definition) is 2. The average molecular weight is 389 g/mol. The highest BCUT2D eigenvalue weighted by molar-refractivity contribution is 5.92. The number of carbonyl (C=O) groups excluding carboxylic acids is 1. The molecule has 3 aromatic heterocycles. The van der Waals surface area contributed by atoms with Gasteiger partial charge >= 0.3 is 6.18 Å². The van der Waals surface area contributed by atoms with Gasteiger partial charge < -0.3 is 5.73 Å². The van der Waals surface area contributed by atoms with E-state index in [0.717, 1.165) is 12.1 Å². The Morgan fingerprint density at radius 3 is 2.39 bits per heavy atom. The minimum Gasteiger partial charge on any atom is -0.364 e. The van der Waals surface area contributed by atoms with Gasteiger partial charge in [0, 0.05) is 22.9 Å². The molecule has 0 bridgehead atoms. The van der Waals surface area contributed by atoms with E-state index in [1.807, 2.05) is 5.10 Å². The third-order valence-electron chi connectivity index (χ3n) is 4.21. The van der Waals surface area contributed by atoms with Crippen LogP contribution in [0.2, 0.25) is 0 Å². The molecule has 0 saturated heterocycles. The molecule has 10 heteroatoms. The fraction of sp³-hybridized carbons (Fsp3) is 0.0556. The summed E-state index contributed by atoms with van der Waals surface area (Å²) in [5.74, 6) is -1.30. The molecule has 3 heterocycles. The highest BCUT2D eigenvalue weighted by atomic mass is 19.4. The number of hydrogen-bond acceptors (Lipinski definition) is 3. The molecule has 0 aliphatic rings. The SMILES string of the molecule is NC(=O)c1cnc2ccc(-c3c(-c4ccc(F)cc4)n[nH]c3C(F)(F)F)cn12. The standard InChI is InChI=1S/C18H11F4N5O/c19-11-4-1-9(2-5-11)15-14(16(26-25-15)18(20,21)22)10-3-6-13-24-7-12(17(23)28)27(13)8-10/h1-8H,(H2,23,28)(H,25,26). The molecule has 0 fully saturated rings. The van der Waals surface area contributed by atoms with Gasteiger partial charge in [-0.3, -0.25) is 14.3 Å². The van der Waals surface area contributed by atoms with Crippen molar-refractivity contribution in [3.8, 4) is 22.4 Å². The summed E-state index contributed by atoms with van der Waals surface area (Å²) in [7, 11) is 0. The van der Waals surface area contributed by atoms with Crippen LogP contribution in [0.1, 0.15) is 16.2 Å². The monoisotopic (exact) mass is 389 g/mol. The van der Waals surface area contributed by atoms with Gasteiger partial charge in [-0.2, -0.15) is 18.3 Å². The number of nitrogens with two attached hydrogens (primary N) is 1. The fourth-order valence-electron chi connectivity index (χ4n) is 2.96. The van der Waals surface area contributed by atoms with Crippen molar-refractivity contribution in [2.45, 2.75) is 6.18 Å². The first-order chi connectivity index (χ1) is 13.3. The lowest BCUT2D eigenvalue weighted by molar-refractivity contribution is -0.140. The molecule has 0 spiro atoms. The van der Waals surface area contributed by atoms with Crippen LogP contribution in [0.4, 0.5) is 17.6 Å². The number of alkyl halides is 3. The van der Waals surface area contributed by atoms with Crippen LogP contribution in [-0.4, -0.2) is 25.5 Å². The zero-order chi connectivity index (χ0) is 20.1. The summed E-state index contributed by atoms with van der Waals surface area (Å²) < 4.78 is 55.2. The van der Waals surface area contributed by atoms with Crippen LogP contribution in [0.15, 0.2) is 48.8 Å². The lowest BCUT2D eigenvalue weighted by Crippen LogP contribution is -2.13. The van der Waals surface area contributed by atoms with Gasteiger partial charge in [-0.05, 0) is 36.4 Å². The molecule has 28 heavy (non-hydrogen) atoms. The van der Waals surface area contributed by atoms with Gasteiger partial charge in [-0.25, -0.2) is 9.37 Å². The first-order valence-electron chi connectivity index (χ1n) is 7.94. The molecule has 3 N–H and O–H groups in total. The maximum Gasteiger partial charge on any atom is 0.433 e. The second kappa shape index (κ2) is 6.19. The molecular weight excluding hydrogens is 378 g/mol. The molecule has 142 valence electrons. The molecule has 0 atom stereocenters. The zero-order valence-corrected chi connectivity index (χ0v) is 14.0. The molecule has 0 aliphatic heterocycles. The van der Waals surface area contributed by atoms with Gasteiger partial charge in [0.05, 0.1) is 6.20 Å². The summed E-state index contributed by atoms with van der Waals surface area (Å²) in [5.41, 5.74) is 4.79. The van der Waals surface area contributed by atoms with Crippen molar-refractivity contribution in [1.29, 1.82) is 0 Å². The summed E-state index contributed by atoms with van der Waals surface area (Å²) in [6.07, 6.45) is -2.14. The van der Waals surface area contributed by atoms with Gasteiger partial charge in [0.1, 0.15) is 28.5 Å². The molecule has 6 nitrogen and oxygen atoms in total. The maximum absolute atomic E-state index is 13.6. The minimum atomic E-state index is -4.71. The molecule has 0 aliphatic carbocycles. The highest BCUT2D eigenvalue weighted by Crippen LogP contribution is 2.41. The third kappa shape index (κ3) is 2.88. The predicted molar refractivity (Wildman–Crippen MR) is 91.7 cm³/mol. The predicted octanol–water partition coefficient (Wildman–Crippen LogP) is 3.65. The molecular formula is C18H11F4N5O. The number of aromatic nitrogens is 4. The van der Waals surface area contributed by atoms with Crippen LogP contribution in [0.5, 0.6) is 0 Å². The summed E-state index contributed by atoms with van der Waals surface area (Å²) in [6.45, 7) is 0. The van der Waals surface area contributed by atoms with E-state index in [2.05, 4.69) is 10.1 Å². The smallest absolute Gasteiger partial charge is 0.364 e. The topological polar surface area (TPSA) is 89.1 Å². The summed E-state index contributed by atoms with van der Waals surface area (Å²) in [4.78, 5) is 15.5. The van der Waals surface area contributed by atoms with E-state index in [0.29, 0.717) is 11.2 Å². The number of rotatable bonds is 3. The molecule has 0 unspecified atom stereocenters. The average Bonchev–Trinajstić information content (AvgIpc) is 3.25. The van der Waals surface area contributed by atoms with E-state index in [-0.39, 0.29) is 22.5 Å². The number of benzene rings is 1. The number of nitrogens with one attached hydrogen (secondary N) is 1. The third-order valence-corrected chi connectivity index (χ3v) is 4.21. The lowest BCUT2D eigenvalue weighted by atomic mass is 10.00. The lowest BCUT2D eigenvalue weighted by Gasteiger charge is -2.10. The first kappa shape index (κ1) is 17.7. The quantitative estimate of drug-likeness (QED) is 0.524. The molecule has 1 aromatic carbocycles. The molecule has 4 aromatic rings. The zero-order valence-electron chi connectivity index (χ0n) is 14.0. The number of pyridine rings is 1. The van der Waals surface area contributed by atoms with Crippen LogP contribution in [-0.2, 0) is 6.18 Å². The summed E-state index contributed by atoms with van der Waals surface area (Å²) >= 11 is 0. The number of carbonyl (C=O) groups is 1. The number of amides is 1. The van der Waals surface area contributed by atoms with E-state index in [4.69, 9.17) is 5.73 Å². The minimum absolute atomic E-state index is 0.00702. The number of nitrogens with zero attached hydrogens (tertiary/aromatic N) is 3. The van der Waals surface area contributed by atoms with Crippen molar-refractivity contribution in [2.75, 3.05) is 0 Å². The van der Waals surface area contributed by atoms with Crippen molar-refractivity contribution in [2.24, 2.45) is 5.73 Å². The van der Waals surface area contributed by atoms with Crippen molar-refractivity contribution in [3.63, 3.8) is 0 Å². The van der Waals surface area contributed by atoms with Crippen LogP contribution >= 0.6 is 0 Å². The van der Waals surface area contributed by atoms with Gasteiger partial charge in [0.25, 0.3) is 5.91 Å². The van der Waals surface area contributed by atoms with E-state index in [1.165, 1.54) is 41.1 Å². The number of fused-ring (bicyclic) bond motifs is 1. The first-order valence-corrected chi connectivity index (χ1v) is 7.94. The van der Waals surface area contributed by atoms with Gasteiger partial charge in [0.2, 0.25) is 0 Å². The van der Waals surface area contributed by atoms with Crippen LogP contribution in [0, 0.1) is 5.82 Å². The number of H-pyrrole nitrogens is 1. The van der Waals surface area contributed by atoms with E-state index >= 15 is 0 Å². The van der Waals surface area contributed by atoms with E-state index in [1.54, 1.807) is 0 Å². The second-order valence-corrected chi connectivity index (χ2v) is 5.98. The van der Waals surface area contributed by atoms with Crippen LogP contribution < -0.4 is 5.73 Å². The normalized spacial score (nSPS) is 11.9. The molecule has 0 saturated carbocycles. The van der Waals surface area contributed by atoms with Crippen LogP contribution in [0.25, 0.3) is 28.0 Å². The Balaban J connectivity index is 1.99. The number of primary amides is 1. The number of aromatic amines is 1. The summed E-state index contributed by atoms with van der Waals surface area (Å²) in [6, 6.07) is 7.82. The van der Waals surface area contributed by atoms with Crippen molar-refractivity contribution >= 4 is 11.6 Å². The van der Waals surface area contributed by atoms with Crippen LogP contribution in [0.3, 0.4) is 0 Å². The largest absolute Gasteiger partial charge is 0.433 e.